The van der Waals surface area contributed by atoms with Crippen molar-refractivity contribution in [1.82, 2.24) is 5.32 Å². The van der Waals surface area contributed by atoms with Crippen molar-refractivity contribution in [2.75, 3.05) is 13.7 Å². The maximum atomic E-state index is 11.9. The number of rotatable bonds is 5. The van der Waals surface area contributed by atoms with Crippen molar-refractivity contribution in [2.24, 2.45) is 11.7 Å². The number of nitrogens with two attached hydrogens (primary N) is 1. The van der Waals surface area contributed by atoms with E-state index >= 15 is 0 Å². The maximum Gasteiger partial charge on any atom is 0.255 e. The molecule has 0 spiro atoms. The van der Waals surface area contributed by atoms with E-state index in [4.69, 9.17) is 10.5 Å². The van der Waals surface area contributed by atoms with Gasteiger partial charge in [-0.25, -0.2) is 0 Å². The highest BCUT2D eigenvalue weighted by Crippen LogP contribution is 2.31. The SMILES string of the molecule is COc1ccccc1C(=O)NCC(N)C1CC1. The van der Waals surface area contributed by atoms with E-state index in [1.807, 2.05) is 12.1 Å². The van der Waals surface area contributed by atoms with Crippen LogP contribution >= 0.6 is 0 Å². The smallest absolute Gasteiger partial charge is 0.255 e. The minimum Gasteiger partial charge on any atom is -0.496 e. The summed E-state index contributed by atoms with van der Waals surface area (Å²) in [5.74, 6) is 1.05. The summed E-state index contributed by atoms with van der Waals surface area (Å²) in [4.78, 5) is 11.9. The largest absolute Gasteiger partial charge is 0.496 e. The van der Waals surface area contributed by atoms with Gasteiger partial charge in [0.15, 0.2) is 0 Å². The van der Waals surface area contributed by atoms with Crippen molar-refractivity contribution in [3.05, 3.63) is 29.8 Å². The lowest BCUT2D eigenvalue weighted by Gasteiger charge is -2.13. The molecule has 1 aromatic rings. The van der Waals surface area contributed by atoms with Crippen molar-refractivity contribution < 1.29 is 9.53 Å². The van der Waals surface area contributed by atoms with Gasteiger partial charge in [0, 0.05) is 12.6 Å². The molecule has 2 rings (SSSR count). The Kier molecular flexibility index (Phi) is 3.64. The van der Waals surface area contributed by atoms with Crippen molar-refractivity contribution in [3.8, 4) is 5.75 Å². The van der Waals surface area contributed by atoms with Crippen LogP contribution in [-0.4, -0.2) is 25.6 Å². The zero-order chi connectivity index (χ0) is 12.3. The van der Waals surface area contributed by atoms with Gasteiger partial charge in [-0.05, 0) is 30.9 Å². The summed E-state index contributed by atoms with van der Waals surface area (Å²) in [5.41, 5.74) is 6.48. The van der Waals surface area contributed by atoms with Gasteiger partial charge in [0.25, 0.3) is 5.91 Å². The summed E-state index contributed by atoms with van der Waals surface area (Å²) >= 11 is 0. The molecule has 0 bridgehead atoms. The summed E-state index contributed by atoms with van der Waals surface area (Å²) in [7, 11) is 1.56. The molecule has 1 amide bonds. The van der Waals surface area contributed by atoms with Crippen molar-refractivity contribution in [2.45, 2.75) is 18.9 Å². The van der Waals surface area contributed by atoms with E-state index in [9.17, 15) is 4.79 Å². The molecule has 1 atom stereocenters. The Labute approximate surface area is 101 Å². The molecule has 4 nitrogen and oxygen atoms in total. The van der Waals surface area contributed by atoms with Gasteiger partial charge in [0.1, 0.15) is 5.75 Å². The Balaban J connectivity index is 1.94. The molecule has 0 saturated heterocycles. The molecule has 17 heavy (non-hydrogen) atoms. The summed E-state index contributed by atoms with van der Waals surface area (Å²) < 4.78 is 5.14. The quantitative estimate of drug-likeness (QED) is 0.803. The predicted octanol–water partition coefficient (Wildman–Crippen LogP) is 1.16. The van der Waals surface area contributed by atoms with E-state index in [2.05, 4.69) is 5.32 Å². The number of para-hydroxylation sites is 1. The lowest BCUT2D eigenvalue weighted by Crippen LogP contribution is -2.38. The monoisotopic (exact) mass is 234 g/mol. The average molecular weight is 234 g/mol. The minimum absolute atomic E-state index is 0.0775. The Morgan fingerprint density at radius 2 is 2.24 bits per heavy atom. The molecule has 92 valence electrons. The van der Waals surface area contributed by atoms with Crippen LogP contribution in [0, 0.1) is 5.92 Å². The molecule has 1 fully saturated rings. The minimum atomic E-state index is -0.126. The number of benzene rings is 1. The molecular weight excluding hydrogens is 216 g/mol. The second-order valence-corrected chi connectivity index (χ2v) is 4.41. The molecule has 1 saturated carbocycles. The Morgan fingerprint density at radius 3 is 2.88 bits per heavy atom. The topological polar surface area (TPSA) is 64.3 Å². The first kappa shape index (κ1) is 11.9. The van der Waals surface area contributed by atoms with Crippen LogP contribution in [0.25, 0.3) is 0 Å². The lowest BCUT2D eigenvalue weighted by atomic mass is 10.1. The number of carbonyl (C=O) groups excluding carboxylic acids is 1. The van der Waals surface area contributed by atoms with E-state index < -0.39 is 0 Å². The highest BCUT2D eigenvalue weighted by atomic mass is 16.5. The third kappa shape index (κ3) is 2.97. The van der Waals surface area contributed by atoms with E-state index in [1.54, 1.807) is 19.2 Å². The summed E-state index contributed by atoms with van der Waals surface area (Å²) in [6, 6.07) is 7.25. The van der Waals surface area contributed by atoms with Crippen LogP contribution in [0.4, 0.5) is 0 Å². The zero-order valence-corrected chi connectivity index (χ0v) is 9.98. The van der Waals surface area contributed by atoms with Crippen LogP contribution in [0.5, 0.6) is 5.75 Å². The number of hydrogen-bond acceptors (Lipinski definition) is 3. The van der Waals surface area contributed by atoms with Gasteiger partial charge >= 0.3 is 0 Å². The van der Waals surface area contributed by atoms with Crippen LogP contribution < -0.4 is 15.8 Å². The summed E-state index contributed by atoms with van der Waals surface area (Å²) in [6.07, 6.45) is 2.37. The number of carbonyl (C=O) groups is 1. The highest BCUT2D eigenvalue weighted by Gasteiger charge is 2.28. The number of nitrogens with one attached hydrogen (secondary N) is 1. The van der Waals surface area contributed by atoms with Gasteiger partial charge in [-0.2, -0.15) is 0 Å². The van der Waals surface area contributed by atoms with Gasteiger partial charge in [-0.15, -0.1) is 0 Å². The van der Waals surface area contributed by atoms with E-state index in [0.29, 0.717) is 23.8 Å². The second kappa shape index (κ2) is 5.19. The first-order valence-electron chi connectivity index (χ1n) is 5.89. The fourth-order valence-electron chi connectivity index (χ4n) is 1.83. The molecule has 0 heterocycles. The standard InChI is InChI=1S/C13H18N2O2/c1-17-12-5-3-2-4-10(12)13(16)15-8-11(14)9-6-7-9/h2-5,9,11H,6-8,14H2,1H3,(H,15,16). The second-order valence-electron chi connectivity index (χ2n) is 4.41. The van der Waals surface area contributed by atoms with Crippen LogP contribution in [0.3, 0.4) is 0 Å². The number of amides is 1. The Hall–Kier alpha value is -1.55. The van der Waals surface area contributed by atoms with Gasteiger partial charge in [-0.3, -0.25) is 4.79 Å². The maximum absolute atomic E-state index is 11.9. The first-order valence-corrected chi connectivity index (χ1v) is 5.89. The molecule has 0 aliphatic heterocycles. The molecule has 0 radical (unpaired) electrons. The van der Waals surface area contributed by atoms with Crippen molar-refractivity contribution in [1.29, 1.82) is 0 Å². The van der Waals surface area contributed by atoms with E-state index in [1.165, 1.54) is 12.8 Å². The fraction of sp³-hybridized carbons (Fsp3) is 0.462. The fourth-order valence-corrected chi connectivity index (χ4v) is 1.83. The number of methoxy groups -OCH3 is 1. The normalized spacial score (nSPS) is 16.4. The molecule has 1 unspecified atom stereocenters. The molecule has 1 aliphatic carbocycles. The number of hydrogen-bond donors (Lipinski definition) is 2. The van der Waals surface area contributed by atoms with Gasteiger partial charge in [-0.1, -0.05) is 12.1 Å². The van der Waals surface area contributed by atoms with Crippen LogP contribution in [0.1, 0.15) is 23.2 Å². The molecule has 0 aromatic heterocycles. The summed E-state index contributed by atoms with van der Waals surface area (Å²) in [6.45, 7) is 0.529. The van der Waals surface area contributed by atoms with Crippen molar-refractivity contribution >= 4 is 5.91 Å². The van der Waals surface area contributed by atoms with Crippen molar-refractivity contribution in [3.63, 3.8) is 0 Å². The zero-order valence-electron chi connectivity index (χ0n) is 9.98. The van der Waals surface area contributed by atoms with Crippen LogP contribution in [0.15, 0.2) is 24.3 Å². The van der Waals surface area contributed by atoms with Gasteiger partial charge in [0.2, 0.25) is 0 Å². The third-order valence-corrected chi connectivity index (χ3v) is 3.08. The molecule has 1 aromatic carbocycles. The molecular formula is C13H18N2O2. The van der Waals surface area contributed by atoms with Crippen LogP contribution in [-0.2, 0) is 0 Å². The molecule has 4 heteroatoms. The molecule has 1 aliphatic rings. The van der Waals surface area contributed by atoms with Gasteiger partial charge in [0.05, 0.1) is 12.7 Å². The predicted molar refractivity (Wildman–Crippen MR) is 66.0 cm³/mol. The summed E-state index contributed by atoms with van der Waals surface area (Å²) in [5, 5.41) is 2.85. The highest BCUT2D eigenvalue weighted by molar-refractivity contribution is 5.96. The lowest BCUT2D eigenvalue weighted by molar-refractivity contribution is 0.0947. The van der Waals surface area contributed by atoms with Gasteiger partial charge < -0.3 is 15.8 Å². The Bertz CT molecular complexity index is 402. The van der Waals surface area contributed by atoms with E-state index in [-0.39, 0.29) is 11.9 Å². The Morgan fingerprint density at radius 1 is 1.53 bits per heavy atom. The average Bonchev–Trinajstić information content (AvgIpc) is 3.19. The van der Waals surface area contributed by atoms with E-state index in [0.717, 1.165) is 0 Å². The third-order valence-electron chi connectivity index (χ3n) is 3.08. The van der Waals surface area contributed by atoms with Crippen LogP contribution in [0.2, 0.25) is 0 Å². The molecule has 3 N–H and O–H groups in total. The first-order chi connectivity index (χ1) is 8.22. The number of ether oxygens (including phenoxy) is 1.